The van der Waals surface area contributed by atoms with E-state index < -0.39 is 0 Å². The summed E-state index contributed by atoms with van der Waals surface area (Å²) in [6.07, 6.45) is 8.42. The van der Waals surface area contributed by atoms with Gasteiger partial charge in [-0.25, -0.2) is 0 Å². The maximum Gasteiger partial charge on any atom is 0.278 e. The van der Waals surface area contributed by atoms with Crippen LogP contribution in [0.1, 0.15) is 56.1 Å². The van der Waals surface area contributed by atoms with Crippen LogP contribution >= 0.6 is 0 Å². The van der Waals surface area contributed by atoms with Gasteiger partial charge in [0.15, 0.2) is 0 Å². The Kier molecular flexibility index (Phi) is 5.73. The van der Waals surface area contributed by atoms with Gasteiger partial charge in [0.1, 0.15) is 11.4 Å². The van der Waals surface area contributed by atoms with Crippen LogP contribution in [0.15, 0.2) is 54.2 Å². The molecule has 0 aromatic heterocycles. The Morgan fingerprint density at radius 3 is 2.25 bits per heavy atom. The van der Waals surface area contributed by atoms with Gasteiger partial charge in [-0.1, -0.05) is 62.4 Å². The van der Waals surface area contributed by atoms with Gasteiger partial charge in [-0.2, -0.15) is 0 Å². The first kappa shape index (κ1) is 20.8. The molecule has 1 aliphatic carbocycles. The molecule has 0 bridgehead atoms. The smallest absolute Gasteiger partial charge is 0.278 e. The number of ether oxygens (including phenoxy) is 1. The van der Waals surface area contributed by atoms with Crippen molar-refractivity contribution in [3.63, 3.8) is 0 Å². The molecule has 0 radical (unpaired) electrons. The van der Waals surface area contributed by atoms with E-state index in [-0.39, 0.29) is 17.9 Å². The minimum absolute atomic E-state index is 0.0149. The highest BCUT2D eigenvalue weighted by Crippen LogP contribution is 2.40. The highest BCUT2D eigenvalue weighted by molar-refractivity contribution is 6.37. The average molecular weight is 431 g/mol. The van der Waals surface area contributed by atoms with Gasteiger partial charge >= 0.3 is 0 Å². The number of nitrogens with zero attached hydrogens (tertiary/aromatic N) is 2. The molecular formula is C27H30N2O3. The van der Waals surface area contributed by atoms with E-state index >= 15 is 0 Å². The summed E-state index contributed by atoms with van der Waals surface area (Å²) in [7, 11) is 1.63. The van der Waals surface area contributed by atoms with Gasteiger partial charge in [0.05, 0.1) is 12.7 Å². The molecule has 5 rings (SSSR count). The number of benzene rings is 2. The van der Waals surface area contributed by atoms with Crippen LogP contribution in [-0.2, 0) is 16.0 Å². The Labute approximate surface area is 189 Å². The molecule has 2 amide bonds. The number of carbonyl (C=O) groups excluding carboxylic acids is 2. The molecule has 2 aliphatic heterocycles. The first-order chi connectivity index (χ1) is 15.7. The van der Waals surface area contributed by atoms with Crippen LogP contribution in [0.2, 0.25) is 0 Å². The molecule has 32 heavy (non-hydrogen) atoms. The van der Waals surface area contributed by atoms with Crippen LogP contribution in [0.25, 0.3) is 5.57 Å². The zero-order chi connectivity index (χ0) is 22.1. The van der Waals surface area contributed by atoms with Crippen LogP contribution in [0.4, 0.5) is 5.69 Å². The van der Waals surface area contributed by atoms with Gasteiger partial charge in [-0.15, -0.1) is 0 Å². The number of methoxy groups -OCH3 is 1. The molecule has 3 aliphatic rings. The fourth-order valence-electron chi connectivity index (χ4n) is 5.40. The minimum atomic E-state index is -0.148. The molecule has 0 spiro atoms. The van der Waals surface area contributed by atoms with Crippen LogP contribution in [0, 0.1) is 0 Å². The van der Waals surface area contributed by atoms with Gasteiger partial charge in [-0.05, 0) is 48.6 Å². The lowest BCUT2D eigenvalue weighted by molar-refractivity contribution is -0.140. The van der Waals surface area contributed by atoms with E-state index in [0.717, 1.165) is 49.1 Å². The molecule has 2 aromatic rings. The predicted octanol–water partition coefficient (Wildman–Crippen LogP) is 4.95. The minimum Gasteiger partial charge on any atom is -0.497 e. The lowest BCUT2D eigenvalue weighted by Crippen LogP contribution is -2.42. The third kappa shape index (κ3) is 3.60. The Bertz CT molecular complexity index is 1050. The fraction of sp³-hybridized carbons (Fsp3) is 0.407. The number of imide groups is 1. The summed E-state index contributed by atoms with van der Waals surface area (Å²) in [4.78, 5) is 31.4. The maximum absolute atomic E-state index is 13.9. The van der Waals surface area contributed by atoms with E-state index in [1.165, 1.54) is 24.8 Å². The van der Waals surface area contributed by atoms with Crippen molar-refractivity contribution in [2.45, 2.75) is 57.4 Å². The summed E-state index contributed by atoms with van der Waals surface area (Å²) in [6, 6.07) is 15.7. The Hall–Kier alpha value is -3.08. The van der Waals surface area contributed by atoms with E-state index in [2.05, 4.69) is 17.0 Å². The van der Waals surface area contributed by atoms with Gasteiger partial charge in [0.2, 0.25) is 0 Å². The first-order valence-electron chi connectivity index (χ1n) is 11.8. The molecule has 0 unspecified atom stereocenters. The number of rotatable bonds is 4. The van der Waals surface area contributed by atoms with E-state index in [1.54, 1.807) is 12.0 Å². The monoisotopic (exact) mass is 430 g/mol. The summed E-state index contributed by atoms with van der Waals surface area (Å²) >= 11 is 0. The van der Waals surface area contributed by atoms with E-state index in [4.69, 9.17) is 4.74 Å². The number of hydrogen-bond donors (Lipinski definition) is 0. The molecule has 5 heteroatoms. The highest BCUT2D eigenvalue weighted by atomic mass is 16.5. The fourth-order valence-corrected chi connectivity index (χ4v) is 5.40. The van der Waals surface area contributed by atoms with Crippen molar-refractivity contribution in [1.82, 2.24) is 4.90 Å². The maximum atomic E-state index is 13.9. The van der Waals surface area contributed by atoms with Crippen molar-refractivity contribution >= 4 is 23.1 Å². The number of hydrogen-bond acceptors (Lipinski definition) is 4. The Balaban J connectivity index is 1.58. The molecule has 0 saturated heterocycles. The van der Waals surface area contributed by atoms with Crippen molar-refractivity contribution in [2.24, 2.45) is 0 Å². The van der Waals surface area contributed by atoms with E-state index in [9.17, 15) is 9.59 Å². The molecule has 166 valence electrons. The van der Waals surface area contributed by atoms with Gasteiger partial charge < -0.3 is 9.64 Å². The second-order valence-corrected chi connectivity index (χ2v) is 8.96. The van der Waals surface area contributed by atoms with Gasteiger partial charge in [0, 0.05) is 18.3 Å². The standard InChI is InChI=1S/C27H30N2O3/c1-32-22-15-13-20(14-16-22)24-25(28-18-17-19-9-7-8-12-23(19)28)27(31)29(26(24)30)21-10-5-3-2-4-6-11-21/h7-9,12-16,21H,2-6,10-11,17-18H2,1H3. The topological polar surface area (TPSA) is 49.9 Å². The van der Waals surface area contributed by atoms with Crippen molar-refractivity contribution in [1.29, 1.82) is 0 Å². The van der Waals surface area contributed by atoms with Crippen molar-refractivity contribution in [2.75, 3.05) is 18.6 Å². The van der Waals surface area contributed by atoms with E-state index in [0.29, 0.717) is 17.8 Å². The van der Waals surface area contributed by atoms with Crippen LogP contribution in [0.5, 0.6) is 5.75 Å². The summed E-state index contributed by atoms with van der Waals surface area (Å²) in [5, 5.41) is 0. The third-order valence-electron chi connectivity index (χ3n) is 7.07. The molecule has 2 aromatic carbocycles. The molecule has 0 atom stereocenters. The predicted molar refractivity (Wildman–Crippen MR) is 125 cm³/mol. The number of amides is 2. The van der Waals surface area contributed by atoms with Crippen LogP contribution < -0.4 is 9.64 Å². The third-order valence-corrected chi connectivity index (χ3v) is 7.07. The van der Waals surface area contributed by atoms with Crippen molar-refractivity contribution in [3.8, 4) is 5.75 Å². The van der Waals surface area contributed by atoms with Gasteiger partial charge in [0.25, 0.3) is 11.8 Å². The molecular weight excluding hydrogens is 400 g/mol. The van der Waals surface area contributed by atoms with Crippen LogP contribution in [0.3, 0.4) is 0 Å². The summed E-state index contributed by atoms with van der Waals surface area (Å²) in [6.45, 7) is 0.714. The molecule has 1 fully saturated rings. The highest BCUT2D eigenvalue weighted by Gasteiger charge is 2.45. The second-order valence-electron chi connectivity index (χ2n) is 8.96. The lowest BCUT2D eigenvalue weighted by atomic mass is 9.95. The lowest BCUT2D eigenvalue weighted by Gasteiger charge is -2.29. The zero-order valence-corrected chi connectivity index (χ0v) is 18.7. The van der Waals surface area contributed by atoms with Crippen molar-refractivity contribution < 1.29 is 14.3 Å². The first-order valence-corrected chi connectivity index (χ1v) is 11.8. The summed E-state index contributed by atoms with van der Waals surface area (Å²) in [5.74, 6) is 0.448. The largest absolute Gasteiger partial charge is 0.497 e. The molecule has 5 nitrogen and oxygen atoms in total. The van der Waals surface area contributed by atoms with Crippen molar-refractivity contribution in [3.05, 3.63) is 65.4 Å². The quantitative estimate of drug-likeness (QED) is 0.644. The molecule has 1 saturated carbocycles. The Morgan fingerprint density at radius 2 is 1.53 bits per heavy atom. The van der Waals surface area contributed by atoms with Crippen LogP contribution in [-0.4, -0.2) is 36.4 Å². The Morgan fingerprint density at radius 1 is 0.844 bits per heavy atom. The van der Waals surface area contributed by atoms with Gasteiger partial charge in [-0.3, -0.25) is 14.5 Å². The zero-order valence-electron chi connectivity index (χ0n) is 18.7. The number of carbonyl (C=O) groups is 2. The SMILES string of the molecule is COc1ccc(C2=C(N3CCc4ccccc43)C(=O)N(C3CCCCCCC3)C2=O)cc1. The van der Waals surface area contributed by atoms with E-state index in [1.807, 2.05) is 36.4 Å². The number of para-hydroxylation sites is 1. The number of anilines is 1. The summed E-state index contributed by atoms with van der Waals surface area (Å²) < 4.78 is 5.31. The normalized spacial score (nSPS) is 19.9. The molecule has 2 heterocycles. The second kappa shape index (κ2) is 8.81. The summed E-state index contributed by atoms with van der Waals surface area (Å²) in [5.41, 5.74) is 4.09. The number of fused-ring (bicyclic) bond motifs is 1. The molecule has 0 N–H and O–H groups in total. The average Bonchev–Trinajstić information content (AvgIpc) is 3.32.